The normalized spacial score (nSPS) is 17.2. The number of rotatable bonds is 4. The van der Waals surface area contributed by atoms with Crippen LogP contribution >= 0.6 is 11.9 Å². The summed E-state index contributed by atoms with van der Waals surface area (Å²) in [5, 5.41) is 8.49. The number of fused-ring (bicyclic) bond motifs is 2. The van der Waals surface area contributed by atoms with E-state index in [0.717, 1.165) is 33.5 Å². The zero-order valence-corrected chi connectivity index (χ0v) is 14.6. The van der Waals surface area contributed by atoms with Crippen molar-refractivity contribution in [1.29, 1.82) is 0 Å². The van der Waals surface area contributed by atoms with Crippen molar-refractivity contribution in [1.82, 2.24) is 19.9 Å². The SMILES string of the molecule is CCSNC1COCc2c(-c3ccc4[nH]nc(C)c4c3)cncc21. The Hall–Kier alpha value is -1.89. The fourth-order valence-corrected chi connectivity index (χ4v) is 3.74. The van der Waals surface area contributed by atoms with Gasteiger partial charge >= 0.3 is 0 Å². The third-order valence-corrected chi connectivity index (χ3v) is 5.17. The van der Waals surface area contributed by atoms with Crippen LogP contribution in [-0.2, 0) is 11.3 Å². The minimum absolute atomic E-state index is 0.186. The maximum Gasteiger partial charge on any atom is 0.0728 e. The Balaban J connectivity index is 1.79. The lowest BCUT2D eigenvalue weighted by Gasteiger charge is -2.27. The number of benzene rings is 1. The zero-order valence-electron chi connectivity index (χ0n) is 13.8. The molecule has 1 aliphatic heterocycles. The number of pyridine rings is 1. The predicted octanol–water partition coefficient (Wildman–Crippen LogP) is 3.76. The van der Waals surface area contributed by atoms with Crippen LogP contribution in [-0.4, -0.2) is 27.5 Å². The van der Waals surface area contributed by atoms with Gasteiger partial charge in [-0.3, -0.25) is 14.8 Å². The highest BCUT2D eigenvalue weighted by molar-refractivity contribution is 7.97. The monoisotopic (exact) mass is 340 g/mol. The molecule has 0 saturated carbocycles. The molecule has 2 aromatic heterocycles. The van der Waals surface area contributed by atoms with E-state index in [1.165, 1.54) is 11.1 Å². The first kappa shape index (κ1) is 15.6. The summed E-state index contributed by atoms with van der Waals surface area (Å²) < 4.78 is 9.32. The molecule has 5 nitrogen and oxygen atoms in total. The number of aromatic nitrogens is 3. The lowest BCUT2D eigenvalue weighted by atomic mass is 9.93. The van der Waals surface area contributed by atoms with Crippen molar-refractivity contribution >= 4 is 22.9 Å². The molecule has 24 heavy (non-hydrogen) atoms. The smallest absolute Gasteiger partial charge is 0.0728 e. The number of aryl methyl sites for hydroxylation is 1. The summed E-state index contributed by atoms with van der Waals surface area (Å²) >= 11 is 1.71. The van der Waals surface area contributed by atoms with Crippen LogP contribution in [0.3, 0.4) is 0 Å². The number of nitrogens with zero attached hydrogens (tertiary/aromatic N) is 2. The number of hydrogen-bond donors (Lipinski definition) is 2. The van der Waals surface area contributed by atoms with Crippen molar-refractivity contribution in [2.75, 3.05) is 12.4 Å². The van der Waals surface area contributed by atoms with E-state index in [2.05, 4.69) is 45.0 Å². The van der Waals surface area contributed by atoms with Gasteiger partial charge in [-0.2, -0.15) is 5.10 Å². The summed E-state index contributed by atoms with van der Waals surface area (Å²) in [6.07, 6.45) is 3.91. The summed E-state index contributed by atoms with van der Waals surface area (Å²) in [7, 11) is 0. The van der Waals surface area contributed by atoms with Crippen LogP contribution in [0.15, 0.2) is 30.6 Å². The minimum atomic E-state index is 0.186. The summed E-state index contributed by atoms with van der Waals surface area (Å²) in [6, 6.07) is 6.57. The van der Waals surface area contributed by atoms with Gasteiger partial charge in [0.15, 0.2) is 0 Å². The molecule has 0 amide bonds. The third kappa shape index (κ3) is 2.70. The largest absolute Gasteiger partial charge is 0.375 e. The first-order valence-electron chi connectivity index (χ1n) is 8.15. The average molecular weight is 340 g/mol. The summed E-state index contributed by atoms with van der Waals surface area (Å²) in [5.41, 5.74) is 6.84. The number of aromatic amines is 1. The van der Waals surface area contributed by atoms with Gasteiger partial charge < -0.3 is 4.74 Å². The maximum absolute atomic E-state index is 5.84. The molecule has 4 rings (SSSR count). The second kappa shape index (κ2) is 6.55. The molecule has 3 heterocycles. The molecule has 0 radical (unpaired) electrons. The third-order valence-electron chi connectivity index (χ3n) is 4.43. The molecule has 0 bridgehead atoms. The van der Waals surface area contributed by atoms with Crippen molar-refractivity contribution < 1.29 is 4.74 Å². The molecule has 0 saturated heterocycles. The van der Waals surface area contributed by atoms with Gasteiger partial charge in [0, 0.05) is 29.1 Å². The average Bonchev–Trinajstić information content (AvgIpc) is 3.00. The Labute approximate surface area is 145 Å². The fraction of sp³-hybridized carbons (Fsp3) is 0.333. The molecular formula is C18H20N4OS. The van der Waals surface area contributed by atoms with Crippen LogP contribution in [0.1, 0.15) is 29.8 Å². The van der Waals surface area contributed by atoms with Gasteiger partial charge in [0.05, 0.1) is 30.5 Å². The van der Waals surface area contributed by atoms with E-state index in [-0.39, 0.29) is 6.04 Å². The molecular weight excluding hydrogens is 320 g/mol. The first-order valence-corrected chi connectivity index (χ1v) is 9.13. The van der Waals surface area contributed by atoms with Gasteiger partial charge in [0.1, 0.15) is 0 Å². The van der Waals surface area contributed by atoms with Crippen LogP contribution in [0.4, 0.5) is 0 Å². The Kier molecular flexibility index (Phi) is 4.26. The second-order valence-corrected chi connectivity index (χ2v) is 7.04. The predicted molar refractivity (Wildman–Crippen MR) is 97.7 cm³/mol. The first-order chi connectivity index (χ1) is 11.8. The molecule has 2 N–H and O–H groups in total. The minimum Gasteiger partial charge on any atom is -0.375 e. The molecule has 3 aromatic rings. The topological polar surface area (TPSA) is 62.8 Å². The quantitative estimate of drug-likeness (QED) is 0.708. The van der Waals surface area contributed by atoms with Crippen LogP contribution in [0.5, 0.6) is 0 Å². The molecule has 1 aliphatic rings. The number of nitrogens with one attached hydrogen (secondary N) is 2. The number of hydrogen-bond acceptors (Lipinski definition) is 5. The number of H-pyrrole nitrogens is 1. The lowest BCUT2D eigenvalue weighted by Crippen LogP contribution is -2.26. The molecule has 1 unspecified atom stereocenters. The standard InChI is InChI=1S/C18H20N4OS/c1-3-24-22-18-10-23-9-16-14(7-19-8-15(16)18)12-4-5-17-13(6-12)11(2)20-21-17/h4-8,18,22H,3,9-10H2,1-2H3,(H,20,21). The molecule has 0 spiro atoms. The highest BCUT2D eigenvalue weighted by atomic mass is 32.2. The maximum atomic E-state index is 5.84. The molecule has 1 atom stereocenters. The van der Waals surface area contributed by atoms with E-state index in [1.807, 2.05) is 19.3 Å². The van der Waals surface area contributed by atoms with E-state index in [4.69, 9.17) is 4.74 Å². The van der Waals surface area contributed by atoms with Crippen molar-refractivity contribution in [3.63, 3.8) is 0 Å². The summed E-state index contributed by atoms with van der Waals surface area (Å²) in [5.74, 6) is 1.02. The molecule has 0 fully saturated rings. The van der Waals surface area contributed by atoms with E-state index in [1.54, 1.807) is 11.9 Å². The molecule has 1 aromatic carbocycles. The Bertz CT molecular complexity index is 877. The molecule has 6 heteroatoms. The van der Waals surface area contributed by atoms with Crippen LogP contribution in [0.25, 0.3) is 22.0 Å². The van der Waals surface area contributed by atoms with E-state index in [0.29, 0.717) is 13.2 Å². The Morgan fingerprint density at radius 2 is 2.29 bits per heavy atom. The highest BCUT2D eigenvalue weighted by Crippen LogP contribution is 2.34. The van der Waals surface area contributed by atoms with Crippen LogP contribution < -0.4 is 4.72 Å². The second-order valence-electron chi connectivity index (χ2n) is 5.94. The Morgan fingerprint density at radius 1 is 1.38 bits per heavy atom. The number of ether oxygens (including phenoxy) is 1. The van der Waals surface area contributed by atoms with Crippen molar-refractivity contribution in [3.05, 3.63) is 47.4 Å². The van der Waals surface area contributed by atoms with E-state index >= 15 is 0 Å². The van der Waals surface area contributed by atoms with Gasteiger partial charge in [-0.15, -0.1) is 0 Å². The van der Waals surface area contributed by atoms with Gasteiger partial charge in [-0.1, -0.05) is 24.9 Å². The molecule has 124 valence electrons. The van der Waals surface area contributed by atoms with Gasteiger partial charge in [-0.25, -0.2) is 0 Å². The Morgan fingerprint density at radius 3 is 3.17 bits per heavy atom. The zero-order chi connectivity index (χ0) is 16.5. The van der Waals surface area contributed by atoms with Gasteiger partial charge in [0.2, 0.25) is 0 Å². The van der Waals surface area contributed by atoms with Gasteiger partial charge in [-0.05, 0) is 35.7 Å². The lowest BCUT2D eigenvalue weighted by molar-refractivity contribution is 0.0892. The van der Waals surface area contributed by atoms with Crippen LogP contribution in [0.2, 0.25) is 0 Å². The summed E-state index contributed by atoms with van der Waals surface area (Å²) in [4.78, 5) is 4.49. The van der Waals surface area contributed by atoms with Gasteiger partial charge in [0.25, 0.3) is 0 Å². The van der Waals surface area contributed by atoms with E-state index < -0.39 is 0 Å². The van der Waals surface area contributed by atoms with Crippen LogP contribution in [0, 0.1) is 6.92 Å². The van der Waals surface area contributed by atoms with Crippen molar-refractivity contribution in [3.8, 4) is 11.1 Å². The molecule has 0 aliphatic carbocycles. The van der Waals surface area contributed by atoms with Crippen molar-refractivity contribution in [2.45, 2.75) is 26.5 Å². The summed E-state index contributed by atoms with van der Waals surface area (Å²) in [6.45, 7) is 5.47. The fourth-order valence-electron chi connectivity index (χ4n) is 3.18. The highest BCUT2D eigenvalue weighted by Gasteiger charge is 2.23. The van der Waals surface area contributed by atoms with E-state index in [9.17, 15) is 0 Å². The van der Waals surface area contributed by atoms with Crippen molar-refractivity contribution in [2.24, 2.45) is 0 Å².